The second kappa shape index (κ2) is 5.72. The number of piperazine rings is 1. The summed E-state index contributed by atoms with van der Waals surface area (Å²) in [5.41, 5.74) is 0.936. The minimum absolute atomic E-state index is 0.694. The van der Waals surface area contributed by atoms with Gasteiger partial charge < -0.3 is 9.05 Å². The van der Waals surface area contributed by atoms with E-state index in [1.54, 1.807) is 0 Å². The minimum atomic E-state index is 0.694. The average Bonchev–Trinajstić information content (AvgIpc) is 3.01. The van der Waals surface area contributed by atoms with Crippen LogP contribution in [0.5, 0.6) is 0 Å². The van der Waals surface area contributed by atoms with Gasteiger partial charge in [0.05, 0.1) is 18.8 Å². The summed E-state index contributed by atoms with van der Waals surface area (Å²) in [5, 5.41) is 7.73. The predicted octanol–water partition coefficient (Wildman–Crippen LogP) is 0.992. The van der Waals surface area contributed by atoms with Gasteiger partial charge in [-0.2, -0.15) is 4.98 Å². The van der Waals surface area contributed by atoms with Gasteiger partial charge in [-0.25, -0.2) is 0 Å². The molecule has 0 N–H and O–H groups in total. The van der Waals surface area contributed by atoms with Gasteiger partial charge in [0.15, 0.2) is 11.6 Å². The van der Waals surface area contributed by atoms with Crippen LogP contribution in [0, 0.1) is 13.8 Å². The lowest BCUT2D eigenvalue weighted by Crippen LogP contribution is -2.45. The Morgan fingerprint density at radius 2 is 1.70 bits per heavy atom. The molecule has 0 spiro atoms. The fourth-order valence-electron chi connectivity index (χ4n) is 2.41. The van der Waals surface area contributed by atoms with Gasteiger partial charge >= 0.3 is 0 Å². The number of hydrogen-bond acceptors (Lipinski definition) is 7. The second-order valence-electron chi connectivity index (χ2n) is 5.22. The molecule has 0 radical (unpaired) electrons. The molecule has 0 aromatic carbocycles. The number of hydrogen-bond donors (Lipinski definition) is 0. The third kappa shape index (κ3) is 3.23. The molecule has 20 heavy (non-hydrogen) atoms. The maximum Gasteiger partial charge on any atom is 0.240 e. The van der Waals surface area contributed by atoms with Crippen LogP contribution in [0.2, 0.25) is 0 Å². The predicted molar refractivity (Wildman–Crippen MR) is 70.8 cm³/mol. The highest BCUT2D eigenvalue weighted by Crippen LogP contribution is 2.11. The Morgan fingerprint density at radius 1 is 1.00 bits per heavy atom. The van der Waals surface area contributed by atoms with Crippen molar-refractivity contribution >= 4 is 0 Å². The fourth-order valence-corrected chi connectivity index (χ4v) is 2.41. The molecule has 1 aliphatic heterocycles. The molecular weight excluding hydrogens is 258 g/mol. The van der Waals surface area contributed by atoms with E-state index in [1.165, 1.54) is 0 Å². The first-order chi connectivity index (χ1) is 9.69. The van der Waals surface area contributed by atoms with Crippen molar-refractivity contribution in [3.05, 3.63) is 29.2 Å². The summed E-state index contributed by atoms with van der Waals surface area (Å²) < 4.78 is 10.4. The second-order valence-corrected chi connectivity index (χ2v) is 5.22. The Balaban J connectivity index is 1.47. The largest absolute Gasteiger partial charge is 0.360 e. The zero-order chi connectivity index (χ0) is 13.9. The van der Waals surface area contributed by atoms with Crippen LogP contribution in [-0.4, -0.2) is 51.3 Å². The van der Waals surface area contributed by atoms with Crippen molar-refractivity contribution in [2.24, 2.45) is 0 Å². The summed E-state index contributed by atoms with van der Waals surface area (Å²) in [7, 11) is 0. The Bertz CT molecular complexity index is 506. The van der Waals surface area contributed by atoms with E-state index in [4.69, 9.17) is 9.05 Å². The van der Waals surface area contributed by atoms with Crippen molar-refractivity contribution in [1.82, 2.24) is 25.1 Å². The highest BCUT2D eigenvalue weighted by molar-refractivity contribution is 5.03. The standard InChI is InChI=1S/C13H19N5O2/c1-10-7-12(19-15-10)8-17-3-5-18(6-4-17)9-13-14-11(2)16-20-13/h7H,3-6,8-9H2,1-2H3. The maximum atomic E-state index is 5.25. The smallest absolute Gasteiger partial charge is 0.240 e. The van der Waals surface area contributed by atoms with E-state index in [-0.39, 0.29) is 0 Å². The van der Waals surface area contributed by atoms with Crippen molar-refractivity contribution in [2.45, 2.75) is 26.9 Å². The van der Waals surface area contributed by atoms with Gasteiger partial charge in [-0.15, -0.1) is 0 Å². The lowest BCUT2D eigenvalue weighted by Gasteiger charge is -2.33. The maximum absolute atomic E-state index is 5.25. The zero-order valence-electron chi connectivity index (χ0n) is 11.9. The molecule has 0 saturated carbocycles. The van der Waals surface area contributed by atoms with Gasteiger partial charge in [-0.05, 0) is 13.8 Å². The number of nitrogens with zero attached hydrogens (tertiary/aromatic N) is 5. The van der Waals surface area contributed by atoms with Crippen LogP contribution >= 0.6 is 0 Å². The molecule has 7 heteroatoms. The number of aryl methyl sites for hydroxylation is 2. The van der Waals surface area contributed by atoms with Crippen LogP contribution < -0.4 is 0 Å². The monoisotopic (exact) mass is 277 g/mol. The van der Waals surface area contributed by atoms with E-state index in [2.05, 4.69) is 25.1 Å². The molecule has 0 unspecified atom stereocenters. The molecule has 1 aliphatic rings. The quantitative estimate of drug-likeness (QED) is 0.825. The Kier molecular flexibility index (Phi) is 3.79. The molecule has 0 aliphatic carbocycles. The average molecular weight is 277 g/mol. The SMILES string of the molecule is Cc1cc(CN2CCN(Cc3nc(C)no3)CC2)on1. The van der Waals surface area contributed by atoms with Gasteiger partial charge in [-0.1, -0.05) is 10.3 Å². The van der Waals surface area contributed by atoms with Crippen molar-refractivity contribution < 1.29 is 9.05 Å². The first-order valence-electron chi connectivity index (χ1n) is 6.85. The number of rotatable bonds is 4. The molecule has 7 nitrogen and oxygen atoms in total. The van der Waals surface area contributed by atoms with Crippen LogP contribution in [0.3, 0.4) is 0 Å². The summed E-state index contributed by atoms with van der Waals surface area (Å²) in [5.74, 6) is 2.32. The number of aromatic nitrogens is 3. The normalized spacial score (nSPS) is 17.7. The molecule has 0 amide bonds. The lowest BCUT2D eigenvalue weighted by atomic mass is 10.3. The van der Waals surface area contributed by atoms with Crippen molar-refractivity contribution in [3.8, 4) is 0 Å². The molecule has 3 heterocycles. The van der Waals surface area contributed by atoms with Crippen molar-refractivity contribution in [2.75, 3.05) is 26.2 Å². The van der Waals surface area contributed by atoms with Crippen molar-refractivity contribution in [1.29, 1.82) is 0 Å². The lowest BCUT2D eigenvalue weighted by molar-refractivity contribution is 0.105. The Morgan fingerprint density at radius 3 is 2.25 bits per heavy atom. The molecule has 0 bridgehead atoms. The van der Waals surface area contributed by atoms with Gasteiger partial charge in [0.25, 0.3) is 0 Å². The summed E-state index contributed by atoms with van der Waals surface area (Å²) in [6.07, 6.45) is 0. The first-order valence-corrected chi connectivity index (χ1v) is 6.85. The van der Waals surface area contributed by atoms with Crippen LogP contribution in [0.25, 0.3) is 0 Å². The van der Waals surface area contributed by atoms with E-state index in [1.807, 2.05) is 19.9 Å². The van der Waals surface area contributed by atoms with Crippen LogP contribution in [0.1, 0.15) is 23.2 Å². The van der Waals surface area contributed by atoms with Crippen LogP contribution in [-0.2, 0) is 13.1 Å². The van der Waals surface area contributed by atoms with E-state index >= 15 is 0 Å². The molecular formula is C13H19N5O2. The molecule has 1 fully saturated rings. The highest BCUT2D eigenvalue weighted by atomic mass is 16.5. The third-order valence-corrected chi connectivity index (χ3v) is 3.45. The zero-order valence-corrected chi connectivity index (χ0v) is 11.9. The van der Waals surface area contributed by atoms with E-state index in [0.717, 1.165) is 50.7 Å². The molecule has 3 rings (SSSR count). The Labute approximate surface area is 117 Å². The summed E-state index contributed by atoms with van der Waals surface area (Å²) in [6.45, 7) is 9.34. The molecule has 1 saturated heterocycles. The van der Waals surface area contributed by atoms with E-state index < -0.39 is 0 Å². The van der Waals surface area contributed by atoms with E-state index in [9.17, 15) is 0 Å². The summed E-state index contributed by atoms with van der Waals surface area (Å²) in [4.78, 5) is 8.94. The highest BCUT2D eigenvalue weighted by Gasteiger charge is 2.19. The van der Waals surface area contributed by atoms with Gasteiger partial charge in [0.1, 0.15) is 0 Å². The van der Waals surface area contributed by atoms with Crippen LogP contribution in [0.15, 0.2) is 15.1 Å². The third-order valence-electron chi connectivity index (χ3n) is 3.45. The van der Waals surface area contributed by atoms with Gasteiger partial charge in [0.2, 0.25) is 5.89 Å². The van der Waals surface area contributed by atoms with Crippen molar-refractivity contribution in [3.63, 3.8) is 0 Å². The van der Waals surface area contributed by atoms with Gasteiger partial charge in [0, 0.05) is 32.2 Å². The molecule has 2 aromatic heterocycles. The summed E-state index contributed by atoms with van der Waals surface area (Å²) in [6, 6.07) is 1.99. The van der Waals surface area contributed by atoms with Crippen LogP contribution in [0.4, 0.5) is 0 Å². The topological polar surface area (TPSA) is 71.4 Å². The Hall–Kier alpha value is -1.73. The molecule has 108 valence electrons. The molecule has 2 aromatic rings. The van der Waals surface area contributed by atoms with E-state index in [0.29, 0.717) is 11.7 Å². The molecule has 0 atom stereocenters. The minimum Gasteiger partial charge on any atom is -0.360 e. The first kappa shape index (κ1) is 13.3. The summed E-state index contributed by atoms with van der Waals surface area (Å²) >= 11 is 0. The van der Waals surface area contributed by atoms with Gasteiger partial charge in [-0.3, -0.25) is 9.80 Å². The fraction of sp³-hybridized carbons (Fsp3) is 0.615.